The van der Waals surface area contributed by atoms with Crippen molar-refractivity contribution >= 4 is 15.9 Å². The van der Waals surface area contributed by atoms with E-state index >= 15 is 0 Å². The Morgan fingerprint density at radius 1 is 1.35 bits per heavy atom. The fourth-order valence-electron chi connectivity index (χ4n) is 1.47. The van der Waals surface area contributed by atoms with E-state index < -0.39 is 0 Å². The molecule has 4 nitrogen and oxygen atoms in total. The van der Waals surface area contributed by atoms with E-state index in [-0.39, 0.29) is 6.04 Å². The lowest BCUT2D eigenvalue weighted by molar-refractivity contribution is 0.441. The van der Waals surface area contributed by atoms with Gasteiger partial charge in [0.1, 0.15) is 0 Å². The van der Waals surface area contributed by atoms with Gasteiger partial charge in [0.15, 0.2) is 0 Å². The Kier molecular flexibility index (Phi) is 3.59. The zero-order valence-corrected chi connectivity index (χ0v) is 11.6. The summed E-state index contributed by atoms with van der Waals surface area (Å²) in [5.41, 5.74) is 2.07. The second kappa shape index (κ2) is 4.98. The number of rotatable bonds is 3. The van der Waals surface area contributed by atoms with Crippen LogP contribution in [-0.2, 0) is 0 Å². The molecule has 0 spiro atoms. The van der Waals surface area contributed by atoms with Crippen molar-refractivity contribution in [2.24, 2.45) is 0 Å². The van der Waals surface area contributed by atoms with Crippen LogP contribution >= 0.6 is 15.9 Å². The van der Waals surface area contributed by atoms with Gasteiger partial charge in [-0.1, -0.05) is 22.0 Å². The third kappa shape index (κ3) is 2.56. The molecule has 1 N–H and O–H groups in total. The van der Waals surface area contributed by atoms with Gasteiger partial charge in [0.25, 0.3) is 0 Å². The van der Waals surface area contributed by atoms with E-state index in [1.54, 1.807) is 0 Å². The summed E-state index contributed by atoms with van der Waals surface area (Å²) in [6.07, 6.45) is 0. The molecule has 0 bridgehead atoms. The van der Waals surface area contributed by atoms with E-state index in [2.05, 4.69) is 31.4 Å². The number of aryl methyl sites for hydroxylation is 1. The summed E-state index contributed by atoms with van der Waals surface area (Å²) < 4.78 is 6.65. The summed E-state index contributed by atoms with van der Waals surface area (Å²) >= 11 is 3.44. The minimum absolute atomic E-state index is 0.0590. The first-order valence-corrected chi connectivity index (χ1v) is 6.18. The van der Waals surface area contributed by atoms with Crippen LogP contribution in [0.4, 0.5) is 0 Å². The van der Waals surface area contributed by atoms with Crippen molar-refractivity contribution in [3.8, 4) is 11.5 Å². The maximum atomic E-state index is 5.65. The SMILES string of the molecule is CNC(C)c1nnc(-c2cc(Br)ccc2C)o1. The van der Waals surface area contributed by atoms with Crippen LogP contribution in [0.15, 0.2) is 27.1 Å². The van der Waals surface area contributed by atoms with Crippen LogP contribution in [0.5, 0.6) is 0 Å². The van der Waals surface area contributed by atoms with Gasteiger partial charge in [-0.3, -0.25) is 0 Å². The lowest BCUT2D eigenvalue weighted by atomic mass is 10.1. The van der Waals surface area contributed by atoms with Gasteiger partial charge in [0.2, 0.25) is 11.8 Å². The first-order valence-electron chi connectivity index (χ1n) is 5.39. The molecule has 2 rings (SSSR count). The summed E-state index contributed by atoms with van der Waals surface area (Å²) in [7, 11) is 1.86. The summed E-state index contributed by atoms with van der Waals surface area (Å²) in [4.78, 5) is 0. The molecule has 5 heteroatoms. The minimum Gasteiger partial charge on any atom is -0.419 e. The van der Waals surface area contributed by atoms with Gasteiger partial charge in [0.05, 0.1) is 6.04 Å². The normalized spacial score (nSPS) is 12.7. The highest BCUT2D eigenvalue weighted by molar-refractivity contribution is 9.10. The van der Waals surface area contributed by atoms with Gasteiger partial charge in [0, 0.05) is 10.0 Å². The van der Waals surface area contributed by atoms with E-state index in [1.165, 1.54) is 0 Å². The smallest absolute Gasteiger partial charge is 0.248 e. The van der Waals surface area contributed by atoms with Crippen LogP contribution in [0.1, 0.15) is 24.4 Å². The number of aromatic nitrogens is 2. The van der Waals surface area contributed by atoms with Crippen molar-refractivity contribution < 1.29 is 4.42 Å². The Morgan fingerprint density at radius 3 is 2.82 bits per heavy atom. The molecule has 1 unspecified atom stereocenters. The zero-order chi connectivity index (χ0) is 12.4. The number of hydrogen-bond acceptors (Lipinski definition) is 4. The Morgan fingerprint density at radius 2 is 2.12 bits per heavy atom. The van der Waals surface area contributed by atoms with Crippen molar-refractivity contribution in [2.45, 2.75) is 19.9 Å². The van der Waals surface area contributed by atoms with Crippen LogP contribution < -0.4 is 5.32 Å². The largest absolute Gasteiger partial charge is 0.419 e. The predicted octanol–water partition coefficient (Wildman–Crippen LogP) is 3.09. The predicted molar refractivity (Wildman–Crippen MR) is 69.6 cm³/mol. The minimum atomic E-state index is 0.0590. The Bertz CT molecular complexity index is 524. The van der Waals surface area contributed by atoms with Crippen molar-refractivity contribution in [1.82, 2.24) is 15.5 Å². The standard InChI is InChI=1S/C12H14BrN3O/c1-7-4-5-9(13)6-10(7)12-16-15-11(17-12)8(2)14-3/h4-6,8,14H,1-3H3. The fourth-order valence-corrected chi connectivity index (χ4v) is 1.83. The summed E-state index contributed by atoms with van der Waals surface area (Å²) in [6.45, 7) is 4.00. The molecule has 90 valence electrons. The molecular formula is C12H14BrN3O. The molecule has 17 heavy (non-hydrogen) atoms. The number of nitrogens with one attached hydrogen (secondary N) is 1. The van der Waals surface area contributed by atoms with Crippen LogP contribution in [0.25, 0.3) is 11.5 Å². The molecule has 0 radical (unpaired) electrons. The molecule has 1 heterocycles. The third-order valence-electron chi connectivity index (χ3n) is 2.67. The second-order valence-electron chi connectivity index (χ2n) is 3.92. The van der Waals surface area contributed by atoms with Crippen molar-refractivity contribution in [2.75, 3.05) is 7.05 Å². The lowest BCUT2D eigenvalue weighted by Crippen LogP contribution is -2.12. The molecule has 2 aromatic rings. The Hall–Kier alpha value is -1.20. The highest BCUT2D eigenvalue weighted by atomic mass is 79.9. The molecule has 1 aromatic carbocycles. The first-order chi connectivity index (χ1) is 8.11. The van der Waals surface area contributed by atoms with E-state index in [4.69, 9.17) is 4.42 Å². The molecule has 1 atom stereocenters. The maximum absolute atomic E-state index is 5.65. The van der Waals surface area contributed by atoms with E-state index in [0.717, 1.165) is 15.6 Å². The van der Waals surface area contributed by atoms with E-state index in [9.17, 15) is 0 Å². The van der Waals surface area contributed by atoms with Gasteiger partial charge in [-0.2, -0.15) is 0 Å². The van der Waals surface area contributed by atoms with Crippen molar-refractivity contribution in [3.63, 3.8) is 0 Å². The van der Waals surface area contributed by atoms with Crippen molar-refractivity contribution in [3.05, 3.63) is 34.1 Å². The fraction of sp³-hybridized carbons (Fsp3) is 0.333. The molecular weight excluding hydrogens is 282 g/mol. The zero-order valence-electron chi connectivity index (χ0n) is 9.99. The topological polar surface area (TPSA) is 51.0 Å². The molecule has 1 aromatic heterocycles. The van der Waals surface area contributed by atoms with Crippen LogP contribution in [0.3, 0.4) is 0 Å². The maximum Gasteiger partial charge on any atom is 0.248 e. The van der Waals surface area contributed by atoms with Crippen LogP contribution in [0, 0.1) is 6.92 Å². The van der Waals surface area contributed by atoms with Gasteiger partial charge in [-0.05, 0) is 38.6 Å². The Balaban J connectivity index is 2.40. The second-order valence-corrected chi connectivity index (χ2v) is 4.83. The Labute approximate surface area is 109 Å². The molecule has 0 aliphatic carbocycles. The summed E-state index contributed by atoms with van der Waals surface area (Å²) in [5, 5.41) is 11.2. The van der Waals surface area contributed by atoms with Crippen LogP contribution in [0.2, 0.25) is 0 Å². The van der Waals surface area contributed by atoms with Gasteiger partial charge >= 0.3 is 0 Å². The first kappa shape index (κ1) is 12.3. The molecule has 0 aliphatic rings. The van der Waals surface area contributed by atoms with Gasteiger partial charge in [-0.25, -0.2) is 0 Å². The average Bonchev–Trinajstić information content (AvgIpc) is 2.80. The summed E-state index contributed by atoms with van der Waals surface area (Å²) in [5.74, 6) is 1.16. The van der Waals surface area contributed by atoms with E-state index in [1.807, 2.05) is 39.1 Å². The number of benzene rings is 1. The molecule has 0 aliphatic heterocycles. The van der Waals surface area contributed by atoms with E-state index in [0.29, 0.717) is 11.8 Å². The average molecular weight is 296 g/mol. The number of hydrogen-bond donors (Lipinski definition) is 1. The van der Waals surface area contributed by atoms with Crippen molar-refractivity contribution in [1.29, 1.82) is 0 Å². The third-order valence-corrected chi connectivity index (χ3v) is 3.17. The molecule has 0 fully saturated rings. The summed E-state index contributed by atoms with van der Waals surface area (Å²) in [6, 6.07) is 6.05. The quantitative estimate of drug-likeness (QED) is 0.945. The number of nitrogens with zero attached hydrogens (tertiary/aromatic N) is 2. The van der Waals surface area contributed by atoms with Gasteiger partial charge < -0.3 is 9.73 Å². The highest BCUT2D eigenvalue weighted by Crippen LogP contribution is 2.26. The highest BCUT2D eigenvalue weighted by Gasteiger charge is 2.14. The monoisotopic (exact) mass is 295 g/mol. The number of halogens is 1. The molecule has 0 amide bonds. The lowest BCUT2D eigenvalue weighted by Gasteiger charge is -2.03. The molecule has 0 saturated carbocycles. The van der Waals surface area contributed by atoms with Gasteiger partial charge in [-0.15, -0.1) is 10.2 Å². The van der Waals surface area contributed by atoms with Crippen LogP contribution in [-0.4, -0.2) is 17.2 Å². The molecule has 0 saturated heterocycles.